The molecular weight excluding hydrogens is 368 g/mol. The van der Waals surface area contributed by atoms with Crippen molar-refractivity contribution < 1.29 is 9.47 Å². The molecule has 1 atom stereocenters. The number of nitrogens with zero attached hydrogens (tertiary/aromatic N) is 5. The van der Waals surface area contributed by atoms with Gasteiger partial charge in [-0.25, -0.2) is 9.97 Å². The molecule has 2 aromatic heterocycles. The van der Waals surface area contributed by atoms with Crippen LogP contribution in [0.3, 0.4) is 0 Å². The number of morpholine rings is 2. The van der Waals surface area contributed by atoms with Gasteiger partial charge < -0.3 is 25.0 Å². The zero-order valence-electron chi connectivity index (χ0n) is 16.5. The number of nitrogen functional groups attached to an aromatic ring is 1. The van der Waals surface area contributed by atoms with Crippen molar-refractivity contribution in [3.05, 3.63) is 23.4 Å². The molecule has 2 aromatic rings. The molecule has 0 bridgehead atoms. The topological polar surface area (TPSA) is 89.6 Å². The minimum absolute atomic E-state index is 0.345. The fraction of sp³-hybridized carbons (Fsp3) is 0.571. The Kier molecular flexibility index (Phi) is 4.09. The van der Waals surface area contributed by atoms with Crippen LogP contribution in [0.5, 0.6) is 0 Å². The number of aromatic nitrogens is 3. The number of pyridine rings is 1. The van der Waals surface area contributed by atoms with E-state index < -0.39 is 0 Å². The van der Waals surface area contributed by atoms with E-state index in [1.54, 1.807) is 0 Å². The number of hydrogen-bond acceptors (Lipinski definition) is 8. The predicted molar refractivity (Wildman–Crippen MR) is 110 cm³/mol. The van der Waals surface area contributed by atoms with E-state index in [0.29, 0.717) is 31.0 Å². The molecule has 2 saturated heterocycles. The highest BCUT2D eigenvalue weighted by Crippen LogP contribution is 2.47. The van der Waals surface area contributed by atoms with E-state index in [0.717, 1.165) is 62.3 Å². The smallest absolute Gasteiger partial charge is 0.228 e. The highest BCUT2D eigenvalue weighted by molar-refractivity contribution is 5.76. The standard InChI is InChI=1S/C21H26N6O2/c22-18-10-15(13-1-2-13)17(11-23-18)19-16-9-14-12-29-8-5-27(14)20(16)25-21(24-19)26-3-6-28-7-4-26/h10-11,13-14H,1-9,12H2,(H2,22,23)/t14-/m1/s1. The minimum Gasteiger partial charge on any atom is -0.384 e. The van der Waals surface area contributed by atoms with Crippen LogP contribution >= 0.6 is 0 Å². The van der Waals surface area contributed by atoms with Gasteiger partial charge in [0, 0.05) is 43.4 Å². The Bertz CT molecular complexity index is 941. The Morgan fingerprint density at radius 1 is 1.03 bits per heavy atom. The van der Waals surface area contributed by atoms with Crippen LogP contribution in [-0.4, -0.2) is 67.1 Å². The number of fused-ring (bicyclic) bond motifs is 3. The molecule has 1 saturated carbocycles. The number of anilines is 3. The van der Waals surface area contributed by atoms with Crippen LogP contribution in [0, 0.1) is 0 Å². The summed E-state index contributed by atoms with van der Waals surface area (Å²) in [6.45, 7) is 5.45. The van der Waals surface area contributed by atoms with Crippen LogP contribution in [0.15, 0.2) is 12.3 Å². The largest absolute Gasteiger partial charge is 0.384 e. The Hall–Kier alpha value is -2.45. The van der Waals surface area contributed by atoms with E-state index in [-0.39, 0.29) is 0 Å². The van der Waals surface area contributed by atoms with Crippen molar-refractivity contribution in [1.82, 2.24) is 15.0 Å². The first-order valence-electron chi connectivity index (χ1n) is 10.6. The number of nitrogens with two attached hydrogens (primary N) is 1. The summed E-state index contributed by atoms with van der Waals surface area (Å²) in [5, 5.41) is 0. The molecule has 6 rings (SSSR count). The molecular formula is C21H26N6O2. The van der Waals surface area contributed by atoms with Gasteiger partial charge in [-0.15, -0.1) is 0 Å². The lowest BCUT2D eigenvalue weighted by atomic mass is 9.98. The third-order valence-corrected chi connectivity index (χ3v) is 6.44. The van der Waals surface area contributed by atoms with E-state index in [2.05, 4.69) is 14.8 Å². The van der Waals surface area contributed by atoms with Gasteiger partial charge in [0.25, 0.3) is 0 Å². The molecule has 1 aliphatic carbocycles. The summed E-state index contributed by atoms with van der Waals surface area (Å²) in [5.41, 5.74) is 10.7. The quantitative estimate of drug-likeness (QED) is 0.840. The molecule has 152 valence electrons. The van der Waals surface area contributed by atoms with Crippen molar-refractivity contribution in [2.24, 2.45) is 0 Å². The predicted octanol–water partition coefficient (Wildman–Crippen LogP) is 1.60. The average molecular weight is 394 g/mol. The summed E-state index contributed by atoms with van der Waals surface area (Å²) >= 11 is 0. The highest BCUT2D eigenvalue weighted by Gasteiger charge is 2.38. The summed E-state index contributed by atoms with van der Waals surface area (Å²) in [7, 11) is 0. The third kappa shape index (κ3) is 3.02. The molecule has 4 aliphatic rings. The highest BCUT2D eigenvalue weighted by atomic mass is 16.5. The van der Waals surface area contributed by atoms with Crippen molar-refractivity contribution in [2.75, 3.05) is 61.6 Å². The molecule has 3 aliphatic heterocycles. The Balaban J connectivity index is 1.51. The molecule has 29 heavy (non-hydrogen) atoms. The molecule has 5 heterocycles. The summed E-state index contributed by atoms with van der Waals surface area (Å²) in [6.07, 6.45) is 5.26. The molecule has 2 N–H and O–H groups in total. The van der Waals surface area contributed by atoms with E-state index >= 15 is 0 Å². The molecule has 0 radical (unpaired) electrons. The van der Waals surface area contributed by atoms with Crippen molar-refractivity contribution in [3.63, 3.8) is 0 Å². The van der Waals surface area contributed by atoms with Crippen LogP contribution in [0.1, 0.15) is 29.9 Å². The van der Waals surface area contributed by atoms with Crippen molar-refractivity contribution in [1.29, 1.82) is 0 Å². The molecule has 3 fully saturated rings. The lowest BCUT2D eigenvalue weighted by molar-refractivity contribution is 0.0974. The van der Waals surface area contributed by atoms with Gasteiger partial charge in [0.15, 0.2) is 0 Å². The first-order valence-corrected chi connectivity index (χ1v) is 10.6. The van der Waals surface area contributed by atoms with Crippen LogP contribution < -0.4 is 15.5 Å². The lowest BCUT2D eigenvalue weighted by Crippen LogP contribution is -2.43. The second kappa shape index (κ2) is 6.81. The fourth-order valence-corrected chi connectivity index (χ4v) is 4.77. The van der Waals surface area contributed by atoms with Crippen LogP contribution in [0.25, 0.3) is 11.3 Å². The van der Waals surface area contributed by atoms with E-state index in [4.69, 9.17) is 25.2 Å². The molecule has 8 heteroatoms. The Morgan fingerprint density at radius 3 is 2.69 bits per heavy atom. The Labute approximate surface area is 170 Å². The van der Waals surface area contributed by atoms with Crippen LogP contribution in [-0.2, 0) is 15.9 Å². The number of hydrogen-bond donors (Lipinski definition) is 1. The van der Waals surface area contributed by atoms with Gasteiger partial charge in [-0.3, -0.25) is 0 Å². The van der Waals surface area contributed by atoms with Gasteiger partial charge >= 0.3 is 0 Å². The monoisotopic (exact) mass is 394 g/mol. The maximum Gasteiger partial charge on any atom is 0.228 e. The summed E-state index contributed by atoms with van der Waals surface area (Å²) in [5.74, 6) is 3.02. The third-order valence-electron chi connectivity index (χ3n) is 6.44. The average Bonchev–Trinajstić information content (AvgIpc) is 3.54. The summed E-state index contributed by atoms with van der Waals surface area (Å²) < 4.78 is 11.3. The maximum atomic E-state index is 6.04. The van der Waals surface area contributed by atoms with Gasteiger partial charge in [-0.2, -0.15) is 4.98 Å². The zero-order valence-corrected chi connectivity index (χ0v) is 16.5. The van der Waals surface area contributed by atoms with E-state index in [1.807, 2.05) is 12.3 Å². The van der Waals surface area contributed by atoms with E-state index in [1.165, 1.54) is 24.0 Å². The van der Waals surface area contributed by atoms with Gasteiger partial charge in [0.05, 0.1) is 38.2 Å². The van der Waals surface area contributed by atoms with Crippen LogP contribution in [0.2, 0.25) is 0 Å². The molecule has 0 aromatic carbocycles. The maximum absolute atomic E-state index is 6.04. The first kappa shape index (κ1) is 17.4. The van der Waals surface area contributed by atoms with Gasteiger partial charge in [0.2, 0.25) is 5.95 Å². The second-order valence-electron chi connectivity index (χ2n) is 8.37. The van der Waals surface area contributed by atoms with Crippen LogP contribution in [0.4, 0.5) is 17.6 Å². The number of ether oxygens (including phenoxy) is 2. The SMILES string of the molecule is Nc1cc(C2CC2)c(-c2nc(N3CCOCC3)nc3c2C[C@@H]2COCCN32)cn1. The lowest BCUT2D eigenvalue weighted by Gasteiger charge is -2.32. The zero-order chi connectivity index (χ0) is 19.4. The van der Waals surface area contributed by atoms with Gasteiger partial charge in [-0.05, 0) is 30.4 Å². The first-order chi connectivity index (χ1) is 14.3. The fourth-order valence-electron chi connectivity index (χ4n) is 4.77. The van der Waals surface area contributed by atoms with Gasteiger partial charge in [-0.1, -0.05) is 0 Å². The Morgan fingerprint density at radius 2 is 1.86 bits per heavy atom. The summed E-state index contributed by atoms with van der Waals surface area (Å²) in [4.78, 5) is 19.2. The molecule has 8 nitrogen and oxygen atoms in total. The van der Waals surface area contributed by atoms with Crippen molar-refractivity contribution in [3.8, 4) is 11.3 Å². The van der Waals surface area contributed by atoms with Crippen molar-refractivity contribution in [2.45, 2.75) is 31.2 Å². The molecule has 0 unspecified atom stereocenters. The van der Waals surface area contributed by atoms with Crippen molar-refractivity contribution >= 4 is 17.6 Å². The van der Waals surface area contributed by atoms with E-state index in [9.17, 15) is 0 Å². The minimum atomic E-state index is 0.345. The molecule has 0 spiro atoms. The normalized spacial score (nSPS) is 23.8. The number of rotatable bonds is 3. The molecule has 0 amide bonds. The summed E-state index contributed by atoms with van der Waals surface area (Å²) in [6, 6.07) is 2.39. The second-order valence-corrected chi connectivity index (χ2v) is 8.37. The van der Waals surface area contributed by atoms with Gasteiger partial charge in [0.1, 0.15) is 11.6 Å².